The second-order valence-electron chi connectivity index (χ2n) is 7.85. The monoisotopic (exact) mass is 514 g/mol. The maximum Gasteiger partial charge on any atom is 0.275 e. The second kappa shape index (κ2) is 8.26. The zero-order valence-electron chi connectivity index (χ0n) is 17.3. The molecule has 1 aromatic heterocycles. The Kier molecular flexibility index (Phi) is 5.43. The Labute approximate surface area is 198 Å². The van der Waals surface area contributed by atoms with Gasteiger partial charge in [-0.15, -0.1) is 0 Å². The molecule has 0 radical (unpaired) electrons. The summed E-state index contributed by atoms with van der Waals surface area (Å²) < 4.78 is 8.44. The lowest BCUT2D eigenvalue weighted by molar-refractivity contribution is -0.123. The van der Waals surface area contributed by atoms with Gasteiger partial charge in [0.25, 0.3) is 11.8 Å². The number of nitrogens with zero attached hydrogens (tertiary/aromatic N) is 4. The summed E-state index contributed by atoms with van der Waals surface area (Å²) in [7, 11) is 1.70. The van der Waals surface area contributed by atoms with Gasteiger partial charge in [0.05, 0.1) is 12.2 Å². The summed E-state index contributed by atoms with van der Waals surface area (Å²) in [5, 5.41) is 4.98. The summed E-state index contributed by atoms with van der Waals surface area (Å²) in [5.74, 6) is 0.0955. The standard InChI is InChI=1S/C23H20BrClN4O3/c1-27-17-8-7-15(24)11-19(17)32-13-18(22(27)30)28-10-9-16-20(23(28)31)26-29(21(16)25)12-14-5-3-2-4-6-14/h2-8,11,18H,9-10,12-13H2,1H3/t18-/m0/s1. The van der Waals surface area contributed by atoms with Crippen molar-refractivity contribution in [3.63, 3.8) is 0 Å². The van der Waals surface area contributed by atoms with Crippen molar-refractivity contribution in [1.82, 2.24) is 14.7 Å². The lowest BCUT2D eigenvalue weighted by Gasteiger charge is -2.33. The van der Waals surface area contributed by atoms with E-state index in [9.17, 15) is 9.59 Å². The van der Waals surface area contributed by atoms with Crippen LogP contribution in [0.5, 0.6) is 5.75 Å². The van der Waals surface area contributed by atoms with Crippen LogP contribution < -0.4 is 9.64 Å². The SMILES string of the molecule is CN1C(=O)[C@@H](N2CCc3c(nn(Cc4ccccc4)c3Cl)C2=O)COc2cc(Br)ccc21. The van der Waals surface area contributed by atoms with Gasteiger partial charge in [-0.25, -0.2) is 4.68 Å². The highest BCUT2D eigenvalue weighted by atomic mass is 79.9. The number of carbonyl (C=O) groups is 2. The van der Waals surface area contributed by atoms with E-state index in [2.05, 4.69) is 21.0 Å². The lowest BCUT2D eigenvalue weighted by atomic mass is 10.0. The van der Waals surface area contributed by atoms with Gasteiger partial charge in [-0.3, -0.25) is 9.59 Å². The molecule has 0 saturated heterocycles. The van der Waals surface area contributed by atoms with E-state index in [0.29, 0.717) is 41.8 Å². The first kappa shape index (κ1) is 21.0. The molecular formula is C23H20BrClN4O3. The highest BCUT2D eigenvalue weighted by Gasteiger charge is 2.40. The summed E-state index contributed by atoms with van der Waals surface area (Å²) in [5.41, 5.74) is 2.74. The summed E-state index contributed by atoms with van der Waals surface area (Å²) in [6, 6.07) is 14.6. The van der Waals surface area contributed by atoms with Gasteiger partial charge in [0.2, 0.25) is 0 Å². The van der Waals surface area contributed by atoms with Crippen LogP contribution in [0.3, 0.4) is 0 Å². The Morgan fingerprint density at radius 2 is 1.97 bits per heavy atom. The minimum absolute atomic E-state index is 0.0756. The Morgan fingerprint density at radius 3 is 2.75 bits per heavy atom. The largest absolute Gasteiger partial charge is 0.489 e. The number of benzene rings is 2. The van der Waals surface area contributed by atoms with E-state index in [1.54, 1.807) is 21.5 Å². The van der Waals surface area contributed by atoms with Gasteiger partial charge in [-0.05, 0) is 30.2 Å². The third-order valence-corrected chi connectivity index (χ3v) is 6.81. The number of hydrogen-bond donors (Lipinski definition) is 0. The van der Waals surface area contributed by atoms with Crippen molar-refractivity contribution in [3.8, 4) is 5.75 Å². The molecule has 0 unspecified atom stereocenters. The van der Waals surface area contributed by atoms with E-state index in [4.69, 9.17) is 16.3 Å². The predicted octanol–water partition coefficient (Wildman–Crippen LogP) is 3.77. The Balaban J connectivity index is 1.42. The molecule has 0 spiro atoms. The summed E-state index contributed by atoms with van der Waals surface area (Å²) in [6.07, 6.45) is 0.528. The number of carbonyl (C=O) groups excluding carboxylic acids is 2. The number of ether oxygens (including phenoxy) is 1. The van der Waals surface area contributed by atoms with Crippen molar-refractivity contribution in [1.29, 1.82) is 0 Å². The zero-order valence-corrected chi connectivity index (χ0v) is 19.6. The Bertz CT molecular complexity index is 1210. The first-order valence-corrected chi connectivity index (χ1v) is 11.4. The molecule has 2 aliphatic heterocycles. The predicted molar refractivity (Wildman–Crippen MR) is 124 cm³/mol. The molecule has 9 heteroatoms. The van der Waals surface area contributed by atoms with Crippen LogP contribution in [0.2, 0.25) is 5.15 Å². The highest BCUT2D eigenvalue weighted by molar-refractivity contribution is 9.10. The van der Waals surface area contributed by atoms with Gasteiger partial charge in [0, 0.05) is 23.6 Å². The third-order valence-electron chi connectivity index (χ3n) is 5.90. The van der Waals surface area contributed by atoms with Gasteiger partial charge in [0.15, 0.2) is 5.69 Å². The number of anilines is 1. The fourth-order valence-electron chi connectivity index (χ4n) is 4.19. The van der Waals surface area contributed by atoms with Crippen LogP contribution in [0, 0.1) is 0 Å². The molecule has 1 atom stereocenters. The van der Waals surface area contributed by atoms with Crippen LogP contribution in [-0.4, -0.2) is 52.7 Å². The summed E-state index contributed by atoms with van der Waals surface area (Å²) in [4.78, 5) is 29.7. The van der Waals surface area contributed by atoms with Crippen LogP contribution in [0.15, 0.2) is 53.0 Å². The number of amides is 2. The topological polar surface area (TPSA) is 67.7 Å². The lowest BCUT2D eigenvalue weighted by Crippen LogP contribution is -2.54. The van der Waals surface area contributed by atoms with Crippen molar-refractivity contribution in [2.75, 3.05) is 25.1 Å². The molecule has 3 aromatic rings. The molecule has 0 aliphatic carbocycles. The molecule has 0 bridgehead atoms. The maximum absolute atomic E-state index is 13.4. The highest BCUT2D eigenvalue weighted by Crippen LogP contribution is 2.35. The third kappa shape index (κ3) is 3.57. The number of halogens is 2. The first-order valence-electron chi connectivity index (χ1n) is 10.2. The maximum atomic E-state index is 13.4. The van der Waals surface area contributed by atoms with E-state index in [0.717, 1.165) is 15.6 Å². The molecule has 3 heterocycles. The van der Waals surface area contributed by atoms with E-state index in [-0.39, 0.29) is 18.4 Å². The van der Waals surface area contributed by atoms with E-state index >= 15 is 0 Å². The first-order chi connectivity index (χ1) is 15.4. The van der Waals surface area contributed by atoms with E-state index < -0.39 is 6.04 Å². The van der Waals surface area contributed by atoms with Crippen molar-refractivity contribution < 1.29 is 14.3 Å². The van der Waals surface area contributed by atoms with Crippen molar-refractivity contribution in [2.24, 2.45) is 0 Å². The smallest absolute Gasteiger partial charge is 0.275 e. The fraction of sp³-hybridized carbons (Fsp3) is 0.261. The van der Waals surface area contributed by atoms with Gasteiger partial charge < -0.3 is 14.5 Å². The van der Waals surface area contributed by atoms with Crippen LogP contribution in [-0.2, 0) is 17.8 Å². The molecular weight excluding hydrogens is 496 g/mol. The minimum Gasteiger partial charge on any atom is -0.489 e. The van der Waals surface area contributed by atoms with Crippen LogP contribution >= 0.6 is 27.5 Å². The minimum atomic E-state index is -0.745. The molecule has 2 amide bonds. The van der Waals surface area contributed by atoms with Crippen LogP contribution in [0.25, 0.3) is 0 Å². The Hall–Kier alpha value is -2.84. The fourth-order valence-corrected chi connectivity index (χ4v) is 4.81. The molecule has 0 fully saturated rings. The molecule has 5 rings (SSSR count). The number of hydrogen-bond acceptors (Lipinski definition) is 4. The average Bonchev–Trinajstić information content (AvgIpc) is 3.05. The van der Waals surface area contributed by atoms with Gasteiger partial charge in [-0.1, -0.05) is 57.9 Å². The average molecular weight is 516 g/mol. The number of aromatic nitrogens is 2. The normalized spacial score (nSPS) is 18.2. The number of likely N-dealkylation sites (N-methyl/N-ethyl adjacent to an activating group) is 1. The van der Waals surface area contributed by atoms with Crippen molar-refractivity contribution >= 4 is 45.0 Å². The van der Waals surface area contributed by atoms with Gasteiger partial charge >= 0.3 is 0 Å². The van der Waals surface area contributed by atoms with E-state index in [1.165, 1.54) is 0 Å². The molecule has 2 aliphatic rings. The molecule has 32 heavy (non-hydrogen) atoms. The second-order valence-corrected chi connectivity index (χ2v) is 9.12. The molecule has 0 saturated carbocycles. The zero-order chi connectivity index (χ0) is 22.4. The van der Waals surface area contributed by atoms with Crippen LogP contribution in [0.1, 0.15) is 21.6 Å². The van der Waals surface area contributed by atoms with Crippen molar-refractivity contribution in [3.05, 3.63) is 75.0 Å². The van der Waals surface area contributed by atoms with Gasteiger partial charge in [-0.2, -0.15) is 5.10 Å². The molecule has 7 nitrogen and oxygen atoms in total. The number of rotatable bonds is 3. The summed E-state index contributed by atoms with van der Waals surface area (Å²) >= 11 is 10.0. The number of fused-ring (bicyclic) bond motifs is 2. The van der Waals surface area contributed by atoms with Gasteiger partial charge in [0.1, 0.15) is 23.6 Å². The molecule has 0 N–H and O–H groups in total. The Morgan fingerprint density at radius 1 is 1.19 bits per heavy atom. The van der Waals surface area contributed by atoms with E-state index in [1.807, 2.05) is 48.5 Å². The quantitative estimate of drug-likeness (QED) is 0.533. The van der Waals surface area contributed by atoms with Crippen LogP contribution in [0.4, 0.5) is 5.69 Å². The van der Waals surface area contributed by atoms with Crippen molar-refractivity contribution in [2.45, 2.75) is 19.0 Å². The summed E-state index contributed by atoms with van der Waals surface area (Å²) in [6.45, 7) is 0.917. The molecule has 2 aromatic carbocycles. The molecule has 164 valence electrons.